The molecule has 0 aliphatic heterocycles. The summed E-state index contributed by atoms with van der Waals surface area (Å²) in [5, 5.41) is 0.631. The van der Waals surface area contributed by atoms with E-state index in [4.69, 9.17) is 23.2 Å². The second-order valence-electron chi connectivity index (χ2n) is 1.50. The first kappa shape index (κ1) is 9.73. The molecule has 3 heteroatoms. The lowest BCUT2D eigenvalue weighted by molar-refractivity contribution is -0.104. The number of rotatable bonds is 3. The van der Waals surface area contributed by atoms with Gasteiger partial charge in [-0.3, -0.25) is 0 Å². The summed E-state index contributed by atoms with van der Waals surface area (Å²) in [6.45, 7) is 1.81. The van der Waals surface area contributed by atoms with Gasteiger partial charge in [-0.25, -0.2) is 0 Å². The number of aldehydes is 1. The van der Waals surface area contributed by atoms with Crippen molar-refractivity contribution in [3.63, 3.8) is 0 Å². The van der Waals surface area contributed by atoms with Crippen molar-refractivity contribution in [1.82, 2.24) is 0 Å². The number of carbonyl (C=O) groups is 1. The van der Waals surface area contributed by atoms with Crippen molar-refractivity contribution in [2.24, 2.45) is 0 Å². The van der Waals surface area contributed by atoms with E-state index in [0.29, 0.717) is 11.3 Å². The first-order valence-electron chi connectivity index (χ1n) is 2.69. The van der Waals surface area contributed by atoms with Gasteiger partial charge in [0.2, 0.25) is 0 Å². The zero-order chi connectivity index (χ0) is 7.98. The number of hydrogen-bond donors (Lipinski definition) is 0. The second-order valence-corrected chi connectivity index (χ2v) is 2.31. The molecule has 0 aromatic rings. The second kappa shape index (κ2) is 5.51. The molecule has 1 nitrogen and oxygen atoms in total. The van der Waals surface area contributed by atoms with E-state index in [1.165, 1.54) is 6.42 Å². The Hall–Kier alpha value is -0.270. The van der Waals surface area contributed by atoms with Crippen LogP contribution in [-0.2, 0) is 4.79 Å². The van der Waals surface area contributed by atoms with Gasteiger partial charge in [-0.2, -0.15) is 0 Å². The SMILES string of the molecule is CC=CC(Cl)=C(Cl)[CH]C=O. The molecule has 0 aliphatic rings. The fourth-order valence-electron chi connectivity index (χ4n) is 0.365. The zero-order valence-electron chi connectivity index (χ0n) is 5.47. The molecule has 10 heavy (non-hydrogen) atoms. The summed E-state index contributed by atoms with van der Waals surface area (Å²) >= 11 is 11.1. The molecule has 0 heterocycles. The molecular weight excluding hydrogens is 171 g/mol. The van der Waals surface area contributed by atoms with Gasteiger partial charge >= 0.3 is 0 Å². The van der Waals surface area contributed by atoms with Gasteiger partial charge in [-0.1, -0.05) is 29.3 Å². The Morgan fingerprint density at radius 1 is 1.30 bits per heavy atom. The van der Waals surface area contributed by atoms with Gasteiger partial charge in [0, 0.05) is 5.03 Å². The average Bonchev–Trinajstić information content (AvgIpc) is 1.89. The number of allylic oxidation sites excluding steroid dienone is 4. The molecule has 0 saturated carbocycles. The van der Waals surface area contributed by atoms with Crippen molar-refractivity contribution >= 4 is 29.5 Å². The highest BCUT2D eigenvalue weighted by Gasteiger charge is 1.96. The van der Waals surface area contributed by atoms with Crippen LogP contribution in [0, 0.1) is 6.42 Å². The Bertz CT molecular complexity index is 170. The maximum atomic E-state index is 9.87. The first-order chi connectivity index (χ1) is 4.72. The zero-order valence-corrected chi connectivity index (χ0v) is 6.99. The molecule has 0 aromatic carbocycles. The molecule has 0 amide bonds. The smallest absolute Gasteiger partial charge is 0.129 e. The van der Waals surface area contributed by atoms with Crippen LogP contribution in [0.5, 0.6) is 0 Å². The van der Waals surface area contributed by atoms with E-state index >= 15 is 0 Å². The van der Waals surface area contributed by atoms with Gasteiger partial charge in [-0.05, 0) is 13.0 Å². The van der Waals surface area contributed by atoms with Crippen molar-refractivity contribution in [2.45, 2.75) is 6.92 Å². The molecule has 0 unspecified atom stereocenters. The Morgan fingerprint density at radius 2 is 1.90 bits per heavy atom. The molecule has 0 N–H and O–H groups in total. The third-order valence-electron chi connectivity index (χ3n) is 0.756. The molecular formula is C7H7Cl2O. The minimum Gasteiger partial charge on any atom is -0.303 e. The highest BCUT2D eigenvalue weighted by atomic mass is 35.5. The van der Waals surface area contributed by atoms with Crippen LogP contribution in [0.25, 0.3) is 0 Å². The maximum Gasteiger partial charge on any atom is 0.129 e. The minimum atomic E-state index is 0.259. The molecule has 0 saturated heterocycles. The predicted octanol–water partition coefficient (Wildman–Crippen LogP) is 2.65. The summed E-state index contributed by atoms with van der Waals surface area (Å²) < 4.78 is 0. The topological polar surface area (TPSA) is 17.1 Å². The van der Waals surface area contributed by atoms with E-state index in [2.05, 4.69) is 0 Å². The quantitative estimate of drug-likeness (QED) is 0.479. The third-order valence-corrected chi connectivity index (χ3v) is 1.51. The fraction of sp³-hybridized carbons (Fsp3) is 0.143. The van der Waals surface area contributed by atoms with Crippen LogP contribution in [0.15, 0.2) is 22.2 Å². The largest absolute Gasteiger partial charge is 0.303 e. The summed E-state index contributed by atoms with van der Waals surface area (Å²) in [4.78, 5) is 9.87. The normalized spacial score (nSPS) is 13.5. The van der Waals surface area contributed by atoms with Crippen LogP contribution in [0.4, 0.5) is 0 Å². The molecule has 0 fully saturated rings. The van der Waals surface area contributed by atoms with E-state index in [1.54, 1.807) is 12.2 Å². The van der Waals surface area contributed by atoms with Crippen molar-refractivity contribution in [1.29, 1.82) is 0 Å². The monoisotopic (exact) mass is 177 g/mol. The van der Waals surface area contributed by atoms with E-state index < -0.39 is 0 Å². The standard InChI is InChI=1S/C7H7Cl2O/c1-2-3-6(8)7(9)4-5-10/h2-5H,1H3. The maximum absolute atomic E-state index is 9.87. The van der Waals surface area contributed by atoms with Crippen molar-refractivity contribution in [3.05, 3.63) is 28.6 Å². The molecule has 0 aliphatic carbocycles. The molecule has 0 bridgehead atoms. The molecule has 0 aromatic heterocycles. The van der Waals surface area contributed by atoms with Crippen LogP contribution >= 0.6 is 23.2 Å². The van der Waals surface area contributed by atoms with Crippen LogP contribution in [0.1, 0.15) is 6.92 Å². The van der Waals surface area contributed by atoms with Crippen molar-refractivity contribution in [3.8, 4) is 0 Å². The lowest BCUT2D eigenvalue weighted by Crippen LogP contribution is -1.78. The highest BCUT2D eigenvalue weighted by molar-refractivity contribution is 6.41. The molecule has 0 spiro atoms. The van der Waals surface area contributed by atoms with E-state index in [9.17, 15) is 4.79 Å². The average molecular weight is 178 g/mol. The van der Waals surface area contributed by atoms with Gasteiger partial charge in [-0.15, -0.1) is 0 Å². The Balaban J connectivity index is 4.17. The molecule has 0 rings (SSSR count). The lowest BCUT2D eigenvalue weighted by atomic mass is 10.4. The summed E-state index contributed by atoms with van der Waals surface area (Å²) in [5.41, 5.74) is 0. The number of hydrogen-bond acceptors (Lipinski definition) is 1. The highest BCUT2D eigenvalue weighted by Crippen LogP contribution is 2.16. The van der Waals surface area contributed by atoms with Gasteiger partial charge in [0.25, 0.3) is 0 Å². The molecule has 0 atom stereocenters. The number of halogens is 2. The Morgan fingerprint density at radius 3 is 2.30 bits per heavy atom. The minimum absolute atomic E-state index is 0.259. The van der Waals surface area contributed by atoms with Crippen LogP contribution in [-0.4, -0.2) is 6.29 Å². The predicted molar refractivity (Wildman–Crippen MR) is 43.9 cm³/mol. The van der Waals surface area contributed by atoms with Gasteiger partial charge in [0.15, 0.2) is 0 Å². The first-order valence-corrected chi connectivity index (χ1v) is 3.44. The van der Waals surface area contributed by atoms with Crippen LogP contribution in [0.2, 0.25) is 0 Å². The summed E-state index contributed by atoms with van der Waals surface area (Å²) in [5.74, 6) is 0. The molecule has 55 valence electrons. The van der Waals surface area contributed by atoms with Gasteiger partial charge < -0.3 is 4.79 Å². The van der Waals surface area contributed by atoms with Gasteiger partial charge in [0.1, 0.15) is 6.29 Å². The van der Waals surface area contributed by atoms with E-state index in [-0.39, 0.29) is 5.03 Å². The summed E-state index contributed by atoms with van der Waals surface area (Å²) in [6, 6.07) is 0. The van der Waals surface area contributed by atoms with E-state index in [0.717, 1.165) is 0 Å². The van der Waals surface area contributed by atoms with E-state index in [1.807, 2.05) is 6.92 Å². The van der Waals surface area contributed by atoms with Gasteiger partial charge in [0.05, 0.1) is 11.5 Å². The summed E-state index contributed by atoms with van der Waals surface area (Å²) in [7, 11) is 0. The summed E-state index contributed by atoms with van der Waals surface area (Å²) in [6.07, 6.45) is 5.14. The fourth-order valence-corrected chi connectivity index (χ4v) is 0.669. The Labute approximate surface area is 70.3 Å². The van der Waals surface area contributed by atoms with Crippen LogP contribution in [0.3, 0.4) is 0 Å². The third kappa shape index (κ3) is 3.70. The Kier molecular flexibility index (Phi) is 5.36. The lowest BCUT2D eigenvalue weighted by Gasteiger charge is -1.90. The van der Waals surface area contributed by atoms with Crippen molar-refractivity contribution < 1.29 is 4.79 Å². The van der Waals surface area contributed by atoms with Crippen molar-refractivity contribution in [2.75, 3.05) is 0 Å². The number of carbonyl (C=O) groups excluding carboxylic acids is 1. The molecule has 1 radical (unpaired) electrons. The van der Waals surface area contributed by atoms with Crippen LogP contribution < -0.4 is 0 Å².